The van der Waals surface area contributed by atoms with Crippen LogP contribution in [0.2, 0.25) is 0 Å². The number of carbonyl (C=O) groups excluding carboxylic acids is 2. The van der Waals surface area contributed by atoms with E-state index in [1.165, 1.54) is 19.3 Å². The van der Waals surface area contributed by atoms with E-state index in [-0.39, 0.29) is 11.8 Å². The molecule has 1 aliphatic heterocycles. The molecule has 0 bridgehead atoms. The first kappa shape index (κ1) is 16.0. The highest BCUT2D eigenvalue weighted by Gasteiger charge is 2.15. The van der Waals surface area contributed by atoms with E-state index in [2.05, 4.69) is 22.5 Å². The molecule has 0 spiro atoms. The lowest BCUT2D eigenvalue weighted by molar-refractivity contribution is -0.124. The van der Waals surface area contributed by atoms with Crippen LogP contribution < -0.4 is 10.6 Å². The molecule has 0 aromatic carbocycles. The Balaban J connectivity index is 1.96. The number of amides is 2. The third kappa shape index (κ3) is 7.82. The Morgan fingerprint density at radius 1 is 1.32 bits per heavy atom. The minimum absolute atomic E-state index is 0.0773. The standard InChI is InChI=1S/C14H27N3O2/c1-2-3-4-5-6-7-13(18)15-8-10-17-11-9-16-14(19)12-17/h2-12H2,1H3,(H,15,18)(H,16,19). The van der Waals surface area contributed by atoms with Crippen molar-refractivity contribution in [1.82, 2.24) is 15.5 Å². The summed E-state index contributed by atoms with van der Waals surface area (Å²) >= 11 is 0. The van der Waals surface area contributed by atoms with Crippen molar-refractivity contribution < 1.29 is 9.59 Å². The lowest BCUT2D eigenvalue weighted by Crippen LogP contribution is -2.49. The largest absolute Gasteiger partial charge is 0.355 e. The predicted octanol–water partition coefficient (Wildman–Crippen LogP) is 0.895. The Morgan fingerprint density at radius 3 is 2.84 bits per heavy atom. The van der Waals surface area contributed by atoms with Crippen LogP contribution in [0.1, 0.15) is 45.4 Å². The number of unbranched alkanes of at least 4 members (excludes halogenated alkanes) is 4. The fraction of sp³-hybridized carbons (Fsp3) is 0.857. The first-order valence-electron chi connectivity index (χ1n) is 7.48. The number of piperazine rings is 1. The molecule has 19 heavy (non-hydrogen) atoms. The van der Waals surface area contributed by atoms with E-state index in [1.54, 1.807) is 0 Å². The van der Waals surface area contributed by atoms with Gasteiger partial charge in [0.25, 0.3) is 0 Å². The minimum atomic E-state index is 0.0773. The van der Waals surface area contributed by atoms with Crippen molar-refractivity contribution in [3.63, 3.8) is 0 Å². The van der Waals surface area contributed by atoms with E-state index in [1.807, 2.05) is 0 Å². The molecule has 1 fully saturated rings. The van der Waals surface area contributed by atoms with Gasteiger partial charge in [-0.3, -0.25) is 14.5 Å². The van der Waals surface area contributed by atoms with Crippen LogP contribution in [0.3, 0.4) is 0 Å². The summed E-state index contributed by atoms with van der Waals surface area (Å²) in [6, 6.07) is 0. The Bertz CT molecular complexity index is 282. The average molecular weight is 269 g/mol. The van der Waals surface area contributed by atoms with Crippen molar-refractivity contribution in [2.75, 3.05) is 32.7 Å². The van der Waals surface area contributed by atoms with Crippen molar-refractivity contribution in [3.05, 3.63) is 0 Å². The van der Waals surface area contributed by atoms with Crippen LogP contribution in [-0.2, 0) is 9.59 Å². The fourth-order valence-electron chi connectivity index (χ4n) is 2.21. The van der Waals surface area contributed by atoms with Gasteiger partial charge in [0.1, 0.15) is 0 Å². The quantitative estimate of drug-likeness (QED) is 0.611. The molecule has 5 heteroatoms. The minimum Gasteiger partial charge on any atom is -0.355 e. The first-order chi connectivity index (χ1) is 9.22. The van der Waals surface area contributed by atoms with Gasteiger partial charge in [-0.25, -0.2) is 0 Å². The summed E-state index contributed by atoms with van der Waals surface area (Å²) in [6.07, 6.45) is 6.48. The maximum absolute atomic E-state index is 11.6. The van der Waals surface area contributed by atoms with Gasteiger partial charge in [-0.2, -0.15) is 0 Å². The molecular formula is C14H27N3O2. The molecule has 0 saturated carbocycles. The van der Waals surface area contributed by atoms with Gasteiger partial charge in [0.2, 0.25) is 11.8 Å². The van der Waals surface area contributed by atoms with Gasteiger partial charge in [0, 0.05) is 32.6 Å². The Labute approximate surface area is 116 Å². The second-order valence-electron chi connectivity index (χ2n) is 5.14. The molecule has 1 saturated heterocycles. The molecule has 2 amide bonds. The number of nitrogens with zero attached hydrogens (tertiary/aromatic N) is 1. The van der Waals surface area contributed by atoms with E-state index >= 15 is 0 Å². The van der Waals surface area contributed by atoms with Crippen molar-refractivity contribution in [2.45, 2.75) is 45.4 Å². The van der Waals surface area contributed by atoms with Crippen LogP contribution in [0.4, 0.5) is 0 Å². The molecule has 1 rings (SSSR count). The first-order valence-corrected chi connectivity index (χ1v) is 7.48. The predicted molar refractivity (Wildman–Crippen MR) is 75.8 cm³/mol. The van der Waals surface area contributed by atoms with Crippen molar-refractivity contribution in [3.8, 4) is 0 Å². The Kier molecular flexibility index (Phi) is 8.21. The number of hydrogen-bond donors (Lipinski definition) is 2. The summed E-state index contributed by atoms with van der Waals surface area (Å²) in [6.45, 7) is 5.62. The second-order valence-corrected chi connectivity index (χ2v) is 5.14. The number of hydrogen-bond acceptors (Lipinski definition) is 3. The molecular weight excluding hydrogens is 242 g/mol. The lowest BCUT2D eigenvalue weighted by atomic mass is 10.1. The van der Waals surface area contributed by atoms with Gasteiger partial charge < -0.3 is 10.6 Å². The Morgan fingerprint density at radius 2 is 2.11 bits per heavy atom. The summed E-state index contributed by atoms with van der Waals surface area (Å²) in [5.74, 6) is 0.214. The third-order valence-electron chi connectivity index (χ3n) is 3.38. The number of carbonyl (C=O) groups is 2. The van der Waals surface area contributed by atoms with Crippen LogP contribution in [0, 0.1) is 0 Å². The van der Waals surface area contributed by atoms with Crippen LogP contribution in [0.25, 0.3) is 0 Å². The van der Waals surface area contributed by atoms with Gasteiger partial charge in [-0.1, -0.05) is 32.6 Å². The van der Waals surface area contributed by atoms with Gasteiger partial charge in [-0.15, -0.1) is 0 Å². The summed E-state index contributed by atoms with van der Waals surface area (Å²) in [5, 5.41) is 5.71. The van der Waals surface area contributed by atoms with E-state index < -0.39 is 0 Å². The topological polar surface area (TPSA) is 61.4 Å². The Hall–Kier alpha value is -1.10. The highest BCUT2D eigenvalue weighted by Crippen LogP contribution is 2.04. The highest BCUT2D eigenvalue weighted by atomic mass is 16.2. The molecule has 5 nitrogen and oxygen atoms in total. The van der Waals surface area contributed by atoms with Crippen molar-refractivity contribution >= 4 is 11.8 Å². The van der Waals surface area contributed by atoms with Crippen LogP contribution in [0.15, 0.2) is 0 Å². The maximum Gasteiger partial charge on any atom is 0.234 e. The van der Waals surface area contributed by atoms with Crippen molar-refractivity contribution in [1.29, 1.82) is 0 Å². The van der Waals surface area contributed by atoms with Gasteiger partial charge >= 0.3 is 0 Å². The van der Waals surface area contributed by atoms with Crippen LogP contribution in [-0.4, -0.2) is 49.4 Å². The molecule has 0 atom stereocenters. The van der Waals surface area contributed by atoms with Gasteiger partial charge in [-0.05, 0) is 6.42 Å². The highest BCUT2D eigenvalue weighted by molar-refractivity contribution is 5.78. The van der Waals surface area contributed by atoms with E-state index in [4.69, 9.17) is 0 Å². The molecule has 2 N–H and O–H groups in total. The van der Waals surface area contributed by atoms with Gasteiger partial charge in [0.15, 0.2) is 0 Å². The molecule has 0 aliphatic carbocycles. The van der Waals surface area contributed by atoms with Crippen molar-refractivity contribution in [2.24, 2.45) is 0 Å². The fourth-order valence-corrected chi connectivity index (χ4v) is 2.21. The summed E-state index contributed by atoms with van der Waals surface area (Å²) < 4.78 is 0. The molecule has 0 aromatic rings. The number of rotatable bonds is 9. The molecule has 0 unspecified atom stereocenters. The van der Waals surface area contributed by atoms with E-state index in [0.717, 1.165) is 25.9 Å². The maximum atomic E-state index is 11.6. The SMILES string of the molecule is CCCCCCCC(=O)NCCN1CCNC(=O)C1. The summed E-state index contributed by atoms with van der Waals surface area (Å²) in [4.78, 5) is 24.8. The summed E-state index contributed by atoms with van der Waals surface area (Å²) in [7, 11) is 0. The smallest absolute Gasteiger partial charge is 0.234 e. The lowest BCUT2D eigenvalue weighted by Gasteiger charge is -2.26. The monoisotopic (exact) mass is 269 g/mol. The molecule has 110 valence electrons. The third-order valence-corrected chi connectivity index (χ3v) is 3.38. The van der Waals surface area contributed by atoms with Gasteiger partial charge in [0.05, 0.1) is 6.54 Å². The zero-order valence-corrected chi connectivity index (χ0v) is 12.0. The molecule has 0 radical (unpaired) electrons. The van der Waals surface area contributed by atoms with E-state index in [0.29, 0.717) is 26.1 Å². The second kappa shape index (κ2) is 9.78. The zero-order chi connectivity index (χ0) is 13.9. The van der Waals surface area contributed by atoms with Crippen LogP contribution >= 0.6 is 0 Å². The normalized spacial score (nSPS) is 16.2. The molecule has 0 aromatic heterocycles. The number of nitrogens with one attached hydrogen (secondary N) is 2. The van der Waals surface area contributed by atoms with E-state index in [9.17, 15) is 9.59 Å². The molecule has 1 heterocycles. The average Bonchev–Trinajstić information content (AvgIpc) is 2.38. The summed E-state index contributed by atoms with van der Waals surface area (Å²) in [5.41, 5.74) is 0. The van der Waals surface area contributed by atoms with Crippen LogP contribution in [0.5, 0.6) is 0 Å². The zero-order valence-electron chi connectivity index (χ0n) is 12.0. The molecule has 1 aliphatic rings.